The normalized spacial score (nSPS) is 14.0. The molecule has 0 aliphatic heterocycles. The largest absolute Gasteiger partial charge is 0.491 e. The highest BCUT2D eigenvalue weighted by atomic mass is 32.1. The van der Waals surface area contributed by atoms with Gasteiger partial charge in [-0.1, -0.05) is 39.8 Å². The van der Waals surface area contributed by atoms with E-state index in [4.69, 9.17) is 9.84 Å². The van der Waals surface area contributed by atoms with Gasteiger partial charge in [0.25, 0.3) is 0 Å². The van der Waals surface area contributed by atoms with Crippen LogP contribution in [-0.4, -0.2) is 59.9 Å². The number of hydrogen-bond donors (Lipinski definition) is 2. The van der Waals surface area contributed by atoms with Crippen molar-refractivity contribution in [2.24, 2.45) is 5.41 Å². The van der Waals surface area contributed by atoms with Crippen molar-refractivity contribution in [3.05, 3.63) is 50.7 Å². The molecule has 2 N–H and O–H groups in total. The zero-order valence-electron chi connectivity index (χ0n) is 22.5. The second-order valence-corrected chi connectivity index (χ2v) is 12.2. The first-order valence-electron chi connectivity index (χ1n) is 12.3. The Balaban J connectivity index is 2.07. The highest BCUT2D eigenvalue weighted by Crippen LogP contribution is 2.35. The second kappa shape index (κ2) is 11.7. The number of quaternary nitrogens is 1. The third kappa shape index (κ3) is 7.89. The van der Waals surface area contributed by atoms with E-state index in [1.54, 1.807) is 14.1 Å². The molecule has 7 heteroatoms. The Morgan fingerprint density at radius 3 is 2.31 bits per heavy atom. The second-order valence-electron chi connectivity index (χ2n) is 11.1. The molecule has 0 saturated carbocycles. The number of ether oxygens (including phenoxy) is 1. The minimum atomic E-state index is -0.985. The van der Waals surface area contributed by atoms with Crippen LogP contribution >= 0.6 is 11.3 Å². The molecule has 2 atom stereocenters. The number of amides is 1. The van der Waals surface area contributed by atoms with Crippen molar-refractivity contribution in [1.82, 2.24) is 0 Å². The summed E-state index contributed by atoms with van der Waals surface area (Å²) in [5.41, 5.74) is 2.97. The fourth-order valence-corrected chi connectivity index (χ4v) is 5.42. The summed E-state index contributed by atoms with van der Waals surface area (Å²) in [6.45, 7) is 12.1. The van der Waals surface area contributed by atoms with E-state index in [0.717, 1.165) is 36.1 Å². The zero-order valence-corrected chi connectivity index (χ0v) is 23.3. The van der Waals surface area contributed by atoms with Crippen molar-refractivity contribution < 1.29 is 29.0 Å². The van der Waals surface area contributed by atoms with E-state index in [0.29, 0.717) is 10.8 Å². The number of aliphatic carboxylic acids is 1. The van der Waals surface area contributed by atoms with Crippen LogP contribution in [0.1, 0.15) is 77.7 Å². The van der Waals surface area contributed by atoms with Gasteiger partial charge < -0.3 is 14.9 Å². The summed E-state index contributed by atoms with van der Waals surface area (Å²) >= 11 is 1.50. The maximum atomic E-state index is 13.0. The SMILES string of the molecule is CCC(CCc1ccc(OCC(O)C(C)(C)C)c(C)c1)c1cc(C)c(C(=O)[N+](C)(C)CC(=O)O)s1. The molecule has 0 bridgehead atoms. The van der Waals surface area contributed by atoms with Gasteiger partial charge in [0.05, 0.1) is 20.2 Å². The molecule has 1 amide bonds. The summed E-state index contributed by atoms with van der Waals surface area (Å²) in [7, 11) is 3.29. The third-order valence-corrected chi connectivity index (χ3v) is 7.91. The van der Waals surface area contributed by atoms with E-state index in [9.17, 15) is 14.7 Å². The number of aliphatic hydroxyl groups excluding tert-OH is 1. The topological polar surface area (TPSA) is 83.8 Å². The smallest absolute Gasteiger partial charge is 0.359 e. The molecule has 6 nitrogen and oxygen atoms in total. The first-order valence-corrected chi connectivity index (χ1v) is 13.1. The Bertz CT molecular complexity index is 1030. The molecular weight excluding hydrogens is 462 g/mol. The Labute approximate surface area is 214 Å². The minimum Gasteiger partial charge on any atom is -0.491 e. The molecule has 2 rings (SSSR count). The fourth-order valence-electron chi connectivity index (χ4n) is 3.94. The number of aryl methyl sites for hydroxylation is 3. The van der Waals surface area contributed by atoms with E-state index in [1.807, 2.05) is 40.7 Å². The summed E-state index contributed by atoms with van der Waals surface area (Å²) in [6.07, 6.45) is 2.29. The number of carbonyl (C=O) groups excluding carboxylic acids is 1. The molecule has 0 saturated heterocycles. The maximum absolute atomic E-state index is 13.0. The fraction of sp³-hybridized carbons (Fsp3) is 0.571. The molecule has 35 heavy (non-hydrogen) atoms. The van der Waals surface area contributed by atoms with Crippen LogP contribution in [0.4, 0.5) is 0 Å². The molecule has 194 valence electrons. The van der Waals surface area contributed by atoms with Crippen LogP contribution in [0.25, 0.3) is 0 Å². The summed E-state index contributed by atoms with van der Waals surface area (Å²) in [5.74, 6) is -0.0168. The first-order chi connectivity index (χ1) is 16.2. The molecule has 2 unspecified atom stereocenters. The Morgan fingerprint density at radius 1 is 1.11 bits per heavy atom. The van der Waals surface area contributed by atoms with Crippen molar-refractivity contribution >= 4 is 23.2 Å². The van der Waals surface area contributed by atoms with E-state index in [-0.39, 0.29) is 29.0 Å². The lowest BCUT2D eigenvalue weighted by Crippen LogP contribution is -2.48. The van der Waals surface area contributed by atoms with Gasteiger partial charge in [-0.05, 0) is 73.3 Å². The van der Waals surface area contributed by atoms with Crippen LogP contribution in [0, 0.1) is 19.3 Å². The number of hydrogen-bond acceptors (Lipinski definition) is 5. The van der Waals surface area contributed by atoms with Crippen LogP contribution in [-0.2, 0) is 11.2 Å². The number of nitrogens with zero attached hydrogens (tertiary/aromatic N) is 1. The Hall–Kier alpha value is -2.22. The lowest BCUT2D eigenvalue weighted by Gasteiger charge is -2.26. The van der Waals surface area contributed by atoms with Gasteiger partial charge in [-0.2, -0.15) is 0 Å². The number of carbonyl (C=O) groups is 2. The zero-order chi connectivity index (χ0) is 26.6. The number of benzene rings is 1. The maximum Gasteiger partial charge on any atom is 0.359 e. The summed E-state index contributed by atoms with van der Waals surface area (Å²) in [6, 6.07) is 8.30. The van der Waals surface area contributed by atoms with E-state index in [1.165, 1.54) is 21.8 Å². The number of carboxylic acids is 1. The highest BCUT2D eigenvalue weighted by Gasteiger charge is 2.33. The van der Waals surface area contributed by atoms with Crippen molar-refractivity contribution in [1.29, 1.82) is 0 Å². The quantitative estimate of drug-likeness (QED) is 0.391. The number of likely N-dealkylation sites (N-methyl/N-ethyl adjacent to an activating group) is 1. The van der Waals surface area contributed by atoms with Crippen molar-refractivity contribution in [2.75, 3.05) is 27.2 Å². The molecule has 1 heterocycles. The lowest BCUT2D eigenvalue weighted by atomic mass is 9.90. The van der Waals surface area contributed by atoms with Gasteiger partial charge in [0.2, 0.25) is 0 Å². The number of thiophene rings is 1. The Morgan fingerprint density at radius 2 is 1.77 bits per heavy atom. The molecule has 0 aliphatic carbocycles. The van der Waals surface area contributed by atoms with Gasteiger partial charge in [0, 0.05) is 4.88 Å². The average Bonchev–Trinajstić information content (AvgIpc) is 3.12. The van der Waals surface area contributed by atoms with E-state index < -0.39 is 12.1 Å². The molecular formula is C28H42NO5S+. The third-order valence-electron chi connectivity index (χ3n) is 6.52. The van der Waals surface area contributed by atoms with E-state index >= 15 is 0 Å². The molecule has 0 radical (unpaired) electrons. The van der Waals surface area contributed by atoms with Crippen LogP contribution in [0.15, 0.2) is 24.3 Å². The highest BCUT2D eigenvalue weighted by molar-refractivity contribution is 7.14. The van der Waals surface area contributed by atoms with Crippen LogP contribution in [0.2, 0.25) is 0 Å². The predicted octanol–water partition coefficient (Wildman–Crippen LogP) is 5.58. The molecule has 2 aromatic rings. The van der Waals surface area contributed by atoms with Crippen LogP contribution in [0.5, 0.6) is 5.75 Å². The van der Waals surface area contributed by atoms with E-state index in [2.05, 4.69) is 25.1 Å². The van der Waals surface area contributed by atoms with Crippen LogP contribution < -0.4 is 4.74 Å². The predicted molar refractivity (Wildman–Crippen MR) is 141 cm³/mol. The van der Waals surface area contributed by atoms with Crippen molar-refractivity contribution in [3.63, 3.8) is 0 Å². The average molecular weight is 505 g/mol. The summed E-state index contributed by atoms with van der Waals surface area (Å²) in [4.78, 5) is 26.0. The van der Waals surface area contributed by atoms with Gasteiger partial charge >= 0.3 is 11.9 Å². The van der Waals surface area contributed by atoms with Gasteiger partial charge in [-0.15, -0.1) is 11.3 Å². The number of rotatable bonds is 11. The monoisotopic (exact) mass is 504 g/mol. The van der Waals surface area contributed by atoms with Crippen LogP contribution in [0.3, 0.4) is 0 Å². The molecule has 0 aliphatic rings. The standard InChI is InChI=1S/C28H41NO5S/c1-9-21(23-15-19(3)26(35-23)27(33)29(7,8)16-25(31)32)12-10-20-11-13-22(18(2)14-20)34-17-24(30)28(4,5)6/h11,13-15,21,24,30H,9-10,12,16-17H2,1-8H3/p+1. The summed E-state index contributed by atoms with van der Waals surface area (Å²) in [5, 5.41) is 19.4. The molecule has 0 fully saturated rings. The molecule has 1 aromatic heterocycles. The Kier molecular flexibility index (Phi) is 9.68. The molecule has 1 aromatic carbocycles. The van der Waals surface area contributed by atoms with Crippen molar-refractivity contribution in [2.45, 2.75) is 72.8 Å². The minimum absolute atomic E-state index is 0.154. The van der Waals surface area contributed by atoms with Gasteiger partial charge in [-0.3, -0.25) is 4.48 Å². The number of carboxylic acid groups (broad SMARTS) is 1. The van der Waals surface area contributed by atoms with Crippen molar-refractivity contribution in [3.8, 4) is 5.75 Å². The first kappa shape index (κ1) is 29.0. The van der Waals surface area contributed by atoms with Gasteiger partial charge in [0.1, 0.15) is 17.2 Å². The summed E-state index contributed by atoms with van der Waals surface area (Å²) < 4.78 is 5.67. The molecule has 0 spiro atoms. The lowest BCUT2D eigenvalue weighted by molar-refractivity contribution is -0.799. The van der Waals surface area contributed by atoms with Gasteiger partial charge in [-0.25, -0.2) is 9.59 Å². The van der Waals surface area contributed by atoms with Gasteiger partial charge in [0.15, 0.2) is 6.54 Å². The number of aliphatic hydroxyl groups is 1.